The molecule has 0 amide bonds. The molecule has 1 atom stereocenters. The number of nitro groups is 1. The monoisotopic (exact) mass is 285 g/mol. The van der Waals surface area contributed by atoms with Crippen LogP contribution in [-0.4, -0.2) is 39.0 Å². The lowest BCUT2D eigenvalue weighted by Crippen LogP contribution is -2.23. The summed E-state index contributed by atoms with van der Waals surface area (Å²) >= 11 is 3.96. The fraction of sp³-hybridized carbons (Fsp3) is 0.545. The lowest BCUT2D eigenvalue weighted by Gasteiger charge is -2.21. The molecule has 0 spiro atoms. The smallest absolute Gasteiger partial charge is 0.287 e. The average Bonchev–Trinajstić information content (AvgIpc) is 2.38. The molecule has 0 saturated carbocycles. The van der Waals surface area contributed by atoms with E-state index >= 15 is 0 Å². The van der Waals surface area contributed by atoms with Crippen LogP contribution >= 0.6 is 23.5 Å². The molecule has 2 rings (SSSR count). The van der Waals surface area contributed by atoms with Gasteiger partial charge in [0.05, 0.1) is 4.92 Å². The van der Waals surface area contributed by atoms with Gasteiger partial charge in [0.15, 0.2) is 0 Å². The summed E-state index contributed by atoms with van der Waals surface area (Å²) in [5.74, 6) is 4.33. The van der Waals surface area contributed by atoms with Crippen molar-refractivity contribution in [3.05, 3.63) is 27.9 Å². The summed E-state index contributed by atoms with van der Waals surface area (Å²) in [6.07, 6.45) is 1.30. The van der Waals surface area contributed by atoms with Crippen LogP contribution in [0.3, 0.4) is 0 Å². The van der Waals surface area contributed by atoms with Crippen molar-refractivity contribution >= 4 is 35.0 Å². The Balaban J connectivity index is 1.94. The molecule has 0 bridgehead atoms. The van der Waals surface area contributed by atoms with Crippen molar-refractivity contribution in [2.75, 3.05) is 29.1 Å². The van der Waals surface area contributed by atoms with E-state index in [0.717, 1.165) is 23.7 Å². The molecule has 1 aliphatic rings. The van der Waals surface area contributed by atoms with E-state index in [-0.39, 0.29) is 5.69 Å². The van der Waals surface area contributed by atoms with Gasteiger partial charge in [-0.05, 0) is 12.5 Å². The lowest BCUT2D eigenvalue weighted by atomic mass is 10.2. The third kappa shape index (κ3) is 3.52. The predicted molar refractivity (Wildman–Crippen MR) is 77.7 cm³/mol. The summed E-state index contributed by atoms with van der Waals surface area (Å²) < 4.78 is 0. The zero-order valence-corrected chi connectivity index (χ0v) is 11.7. The molecule has 0 aromatic carbocycles. The van der Waals surface area contributed by atoms with Crippen molar-refractivity contribution < 1.29 is 4.92 Å². The van der Waals surface area contributed by atoms with Gasteiger partial charge in [-0.25, -0.2) is 4.98 Å². The van der Waals surface area contributed by atoms with Gasteiger partial charge in [0.25, 0.3) is 5.69 Å². The second-order valence-corrected chi connectivity index (χ2v) is 6.62. The Morgan fingerprint density at radius 1 is 1.61 bits per heavy atom. The molecule has 0 radical (unpaired) electrons. The zero-order valence-electron chi connectivity index (χ0n) is 10.1. The molecule has 1 fully saturated rings. The summed E-state index contributed by atoms with van der Waals surface area (Å²) in [5.41, 5.74) is 0.860. The Morgan fingerprint density at radius 2 is 2.44 bits per heavy atom. The molecule has 1 aromatic heterocycles. The van der Waals surface area contributed by atoms with Gasteiger partial charge >= 0.3 is 0 Å². The van der Waals surface area contributed by atoms with Gasteiger partial charge in [-0.1, -0.05) is 0 Å². The molecule has 1 unspecified atom stereocenters. The topological polar surface area (TPSA) is 68.1 Å². The van der Waals surface area contributed by atoms with Crippen molar-refractivity contribution in [1.82, 2.24) is 4.98 Å². The van der Waals surface area contributed by atoms with Crippen LogP contribution in [0, 0.1) is 17.0 Å². The van der Waals surface area contributed by atoms with Gasteiger partial charge in [0, 0.05) is 35.1 Å². The van der Waals surface area contributed by atoms with Crippen molar-refractivity contribution in [2.45, 2.75) is 12.2 Å². The first-order valence-corrected chi connectivity index (χ1v) is 7.91. The Kier molecular flexibility index (Phi) is 4.71. The summed E-state index contributed by atoms with van der Waals surface area (Å²) in [7, 11) is 0. The van der Waals surface area contributed by atoms with Crippen molar-refractivity contribution in [1.29, 1.82) is 0 Å². The van der Waals surface area contributed by atoms with Crippen LogP contribution in [0.4, 0.5) is 11.5 Å². The average molecular weight is 285 g/mol. The molecular weight excluding hydrogens is 270 g/mol. The molecule has 0 aliphatic carbocycles. The minimum Gasteiger partial charge on any atom is -0.369 e. The highest BCUT2D eigenvalue weighted by Crippen LogP contribution is 2.25. The molecule has 98 valence electrons. The number of hydrogen-bond acceptors (Lipinski definition) is 6. The minimum absolute atomic E-state index is 0.0423. The number of anilines is 1. The number of aryl methyl sites for hydroxylation is 1. The molecule has 1 aromatic rings. The zero-order chi connectivity index (χ0) is 13.0. The van der Waals surface area contributed by atoms with Crippen LogP contribution in [0.1, 0.15) is 5.56 Å². The standard InChI is InChI=1S/C11H15N3O2S2/c1-8-4-9(14(15)16)5-12-11(8)13-6-10-7-17-2-3-18-10/h4-5,10H,2-3,6-7H2,1H3,(H,12,13). The summed E-state index contributed by atoms with van der Waals surface area (Å²) in [5, 5.41) is 14.5. The first-order valence-electron chi connectivity index (χ1n) is 5.71. The third-order valence-corrected chi connectivity index (χ3v) is 5.50. The van der Waals surface area contributed by atoms with E-state index in [1.807, 2.05) is 30.4 Å². The number of thioether (sulfide) groups is 2. The Morgan fingerprint density at radius 3 is 3.06 bits per heavy atom. The van der Waals surface area contributed by atoms with E-state index in [9.17, 15) is 10.1 Å². The molecular formula is C11H15N3O2S2. The van der Waals surface area contributed by atoms with Crippen LogP contribution < -0.4 is 5.32 Å². The number of rotatable bonds is 4. The highest BCUT2D eigenvalue weighted by molar-refractivity contribution is 8.06. The van der Waals surface area contributed by atoms with E-state index in [1.54, 1.807) is 6.07 Å². The summed E-state index contributed by atoms with van der Waals surface area (Å²) in [6, 6.07) is 1.55. The van der Waals surface area contributed by atoms with Gasteiger partial charge in [0.2, 0.25) is 0 Å². The maximum absolute atomic E-state index is 10.6. The molecule has 5 nitrogen and oxygen atoms in total. The van der Waals surface area contributed by atoms with E-state index < -0.39 is 4.92 Å². The minimum atomic E-state index is -0.419. The van der Waals surface area contributed by atoms with Crippen LogP contribution in [0.25, 0.3) is 0 Å². The largest absolute Gasteiger partial charge is 0.369 e. The molecule has 7 heteroatoms. The lowest BCUT2D eigenvalue weighted by molar-refractivity contribution is -0.385. The number of nitrogens with one attached hydrogen (secondary N) is 1. The number of pyridine rings is 1. The fourth-order valence-electron chi connectivity index (χ4n) is 1.71. The Hall–Kier alpha value is -0.950. The third-order valence-electron chi connectivity index (χ3n) is 2.66. The second-order valence-electron chi connectivity index (χ2n) is 4.06. The maximum Gasteiger partial charge on any atom is 0.287 e. The second kappa shape index (κ2) is 6.29. The predicted octanol–water partition coefficient (Wildman–Crippen LogP) is 2.56. The molecule has 2 heterocycles. The van der Waals surface area contributed by atoms with Crippen LogP contribution in [0.15, 0.2) is 12.3 Å². The summed E-state index contributed by atoms with van der Waals surface area (Å²) in [6.45, 7) is 2.70. The normalized spacial score (nSPS) is 19.5. The molecule has 1 saturated heterocycles. The van der Waals surface area contributed by atoms with E-state index in [2.05, 4.69) is 10.3 Å². The van der Waals surface area contributed by atoms with Gasteiger partial charge in [0.1, 0.15) is 12.0 Å². The quantitative estimate of drug-likeness (QED) is 0.677. The Labute approximate surface area is 114 Å². The van der Waals surface area contributed by atoms with Crippen LogP contribution in [-0.2, 0) is 0 Å². The van der Waals surface area contributed by atoms with Gasteiger partial charge in [-0.3, -0.25) is 10.1 Å². The van der Waals surface area contributed by atoms with E-state index in [4.69, 9.17) is 0 Å². The molecule has 1 aliphatic heterocycles. The van der Waals surface area contributed by atoms with Crippen LogP contribution in [0.2, 0.25) is 0 Å². The fourth-order valence-corrected chi connectivity index (χ4v) is 4.32. The molecule has 1 N–H and O–H groups in total. The molecule has 18 heavy (non-hydrogen) atoms. The maximum atomic E-state index is 10.6. The summed E-state index contributed by atoms with van der Waals surface area (Å²) in [4.78, 5) is 14.3. The number of hydrogen-bond donors (Lipinski definition) is 1. The van der Waals surface area contributed by atoms with Crippen LogP contribution in [0.5, 0.6) is 0 Å². The van der Waals surface area contributed by atoms with E-state index in [1.165, 1.54) is 17.7 Å². The SMILES string of the molecule is Cc1cc([N+](=O)[O-])cnc1NCC1CSCCS1. The van der Waals surface area contributed by atoms with Gasteiger partial charge < -0.3 is 5.32 Å². The highest BCUT2D eigenvalue weighted by Gasteiger charge is 2.15. The van der Waals surface area contributed by atoms with Gasteiger partial charge in [-0.15, -0.1) is 0 Å². The Bertz CT molecular complexity index is 436. The van der Waals surface area contributed by atoms with Crippen molar-refractivity contribution in [3.8, 4) is 0 Å². The number of nitrogens with zero attached hydrogens (tertiary/aromatic N) is 2. The van der Waals surface area contributed by atoms with Crippen molar-refractivity contribution in [3.63, 3.8) is 0 Å². The number of aromatic nitrogens is 1. The van der Waals surface area contributed by atoms with Crippen molar-refractivity contribution in [2.24, 2.45) is 0 Å². The van der Waals surface area contributed by atoms with E-state index in [0.29, 0.717) is 5.25 Å². The van der Waals surface area contributed by atoms with Gasteiger partial charge in [-0.2, -0.15) is 23.5 Å². The first-order chi connectivity index (χ1) is 8.66. The first kappa shape index (κ1) is 13.5. The highest BCUT2D eigenvalue weighted by atomic mass is 32.2.